The minimum absolute atomic E-state index is 0.0562. The minimum Gasteiger partial charge on any atom is -0.535 e. The first-order chi connectivity index (χ1) is 14.4. The van der Waals surface area contributed by atoms with Crippen molar-refractivity contribution in [3.8, 4) is 5.75 Å². The zero-order valence-corrected chi connectivity index (χ0v) is 17.2. The number of benzene rings is 1. The number of para-hydroxylation sites is 1. The molecule has 10 heteroatoms. The smallest absolute Gasteiger partial charge is 0.526 e. The van der Waals surface area contributed by atoms with Crippen molar-refractivity contribution in [2.24, 2.45) is 11.5 Å². The Morgan fingerprint density at radius 2 is 2.17 bits per heavy atom. The van der Waals surface area contributed by atoms with E-state index in [0.29, 0.717) is 36.4 Å². The van der Waals surface area contributed by atoms with Crippen molar-refractivity contribution in [1.29, 1.82) is 0 Å². The van der Waals surface area contributed by atoms with Crippen LogP contribution in [-0.2, 0) is 17.8 Å². The van der Waals surface area contributed by atoms with Gasteiger partial charge < -0.3 is 21.1 Å². The zero-order chi connectivity index (χ0) is 21.7. The average Bonchev–Trinajstić information content (AvgIpc) is 3.20. The molecule has 30 heavy (non-hydrogen) atoms. The highest BCUT2D eigenvalue weighted by molar-refractivity contribution is 6.47. The summed E-state index contributed by atoms with van der Waals surface area (Å²) in [6.07, 6.45) is 4.42. The molecule has 0 unspecified atom stereocenters. The molecule has 2 aromatic rings. The summed E-state index contributed by atoms with van der Waals surface area (Å²) in [6.45, 7) is 2.26. The van der Waals surface area contributed by atoms with Crippen LogP contribution in [0.15, 0.2) is 24.4 Å². The van der Waals surface area contributed by atoms with Crippen LogP contribution in [0.3, 0.4) is 0 Å². The number of carbonyl (C=O) groups is 2. The average molecular weight is 413 g/mol. The normalized spacial score (nSPS) is 16.7. The molecular weight excluding hydrogens is 385 g/mol. The lowest BCUT2D eigenvalue weighted by Gasteiger charge is -2.29. The van der Waals surface area contributed by atoms with Gasteiger partial charge in [-0.1, -0.05) is 17.3 Å². The molecule has 0 amide bonds. The number of unbranched alkanes of at least 4 members (excludes halogenated alkanes) is 1. The van der Waals surface area contributed by atoms with Crippen LogP contribution in [0.25, 0.3) is 0 Å². The first kappa shape index (κ1) is 22.1. The van der Waals surface area contributed by atoms with Gasteiger partial charge in [-0.05, 0) is 50.8 Å². The highest BCUT2D eigenvalue weighted by atomic mass is 16.5. The second kappa shape index (κ2) is 9.97. The largest absolute Gasteiger partial charge is 0.535 e. The van der Waals surface area contributed by atoms with E-state index in [-0.39, 0.29) is 24.5 Å². The van der Waals surface area contributed by atoms with Crippen LogP contribution in [0.2, 0.25) is 5.82 Å². The highest BCUT2D eigenvalue weighted by Gasteiger charge is 2.38. The molecule has 0 radical (unpaired) electrons. The van der Waals surface area contributed by atoms with Crippen molar-refractivity contribution in [3.05, 3.63) is 41.2 Å². The Morgan fingerprint density at radius 3 is 2.83 bits per heavy atom. The topological polar surface area (TPSA) is 146 Å². The molecule has 1 aliphatic heterocycles. The SMILES string of the molecule is CC(=O)c1cccc2c1OB(O)[C@@H](CC(=O)[C@H](CCCCN)n1cc(CN)nn1)C2. The van der Waals surface area contributed by atoms with E-state index in [0.717, 1.165) is 18.4 Å². The van der Waals surface area contributed by atoms with Crippen LogP contribution in [0, 0.1) is 0 Å². The van der Waals surface area contributed by atoms with Crippen molar-refractivity contribution < 1.29 is 19.3 Å². The lowest BCUT2D eigenvalue weighted by Crippen LogP contribution is -2.37. The van der Waals surface area contributed by atoms with Gasteiger partial charge in [0.2, 0.25) is 0 Å². The number of hydrogen-bond donors (Lipinski definition) is 3. The number of nitrogens with two attached hydrogens (primary N) is 2. The number of aromatic nitrogens is 3. The van der Waals surface area contributed by atoms with E-state index < -0.39 is 19.0 Å². The summed E-state index contributed by atoms with van der Waals surface area (Å²) in [7, 11) is -1.16. The number of rotatable bonds is 10. The quantitative estimate of drug-likeness (QED) is 0.298. The first-order valence-electron chi connectivity index (χ1n) is 10.3. The third-order valence-electron chi connectivity index (χ3n) is 5.45. The molecular formula is C20H28BN5O4. The molecule has 160 valence electrons. The van der Waals surface area contributed by atoms with E-state index in [4.69, 9.17) is 16.1 Å². The van der Waals surface area contributed by atoms with Gasteiger partial charge in [0.1, 0.15) is 11.8 Å². The van der Waals surface area contributed by atoms with Gasteiger partial charge in [-0.25, -0.2) is 4.68 Å². The molecule has 0 aliphatic carbocycles. The molecule has 2 atom stereocenters. The van der Waals surface area contributed by atoms with Gasteiger partial charge in [0.05, 0.1) is 17.5 Å². The van der Waals surface area contributed by atoms with Gasteiger partial charge in [0.25, 0.3) is 0 Å². The van der Waals surface area contributed by atoms with Crippen molar-refractivity contribution >= 4 is 18.7 Å². The van der Waals surface area contributed by atoms with E-state index in [1.54, 1.807) is 23.0 Å². The number of fused-ring (bicyclic) bond motifs is 1. The minimum atomic E-state index is -1.16. The Kier molecular flexibility index (Phi) is 7.36. The molecule has 1 aromatic carbocycles. The second-order valence-electron chi connectivity index (χ2n) is 7.69. The fourth-order valence-corrected chi connectivity index (χ4v) is 3.81. The molecule has 1 aliphatic rings. The third-order valence-corrected chi connectivity index (χ3v) is 5.45. The van der Waals surface area contributed by atoms with Gasteiger partial charge in [0, 0.05) is 18.8 Å². The van der Waals surface area contributed by atoms with E-state index in [2.05, 4.69) is 10.3 Å². The van der Waals surface area contributed by atoms with Crippen LogP contribution in [0.1, 0.15) is 60.3 Å². The standard InChI is InChI=1S/C20H28BN5O4/c1-13(27)17-6-4-5-14-9-15(21(29)30-20(14)17)10-19(28)18(7-2-3-8-22)26-12-16(11-23)24-25-26/h4-6,12,15,18,29H,2-3,7-11,22-23H2,1H3/t15-,18+/m1/s1. The van der Waals surface area contributed by atoms with Gasteiger partial charge >= 0.3 is 7.12 Å². The molecule has 0 fully saturated rings. The Labute approximate surface area is 175 Å². The maximum atomic E-state index is 13.2. The Morgan fingerprint density at radius 1 is 1.37 bits per heavy atom. The molecule has 0 saturated heterocycles. The number of hydrogen-bond acceptors (Lipinski definition) is 8. The van der Waals surface area contributed by atoms with Crippen molar-refractivity contribution in [3.63, 3.8) is 0 Å². The van der Waals surface area contributed by atoms with Gasteiger partial charge in [0.15, 0.2) is 11.6 Å². The highest BCUT2D eigenvalue weighted by Crippen LogP contribution is 2.37. The Balaban J connectivity index is 1.76. The molecule has 1 aromatic heterocycles. The maximum absolute atomic E-state index is 13.2. The Hall–Kier alpha value is -2.56. The summed E-state index contributed by atoms with van der Waals surface area (Å²) in [4.78, 5) is 25.0. The summed E-state index contributed by atoms with van der Waals surface area (Å²) in [5.74, 6) is -0.193. The van der Waals surface area contributed by atoms with E-state index in [9.17, 15) is 14.6 Å². The first-order valence-corrected chi connectivity index (χ1v) is 10.3. The maximum Gasteiger partial charge on any atom is 0.526 e. The number of carbonyl (C=O) groups excluding carboxylic acids is 2. The van der Waals surface area contributed by atoms with E-state index in [1.807, 2.05) is 6.07 Å². The third kappa shape index (κ3) is 4.95. The summed E-state index contributed by atoms with van der Waals surface area (Å²) in [5, 5.41) is 18.6. The molecule has 0 spiro atoms. The monoisotopic (exact) mass is 413 g/mol. The number of ketones is 2. The van der Waals surface area contributed by atoms with E-state index in [1.165, 1.54) is 6.92 Å². The molecule has 5 N–H and O–H groups in total. The van der Waals surface area contributed by atoms with Crippen molar-refractivity contribution in [1.82, 2.24) is 15.0 Å². The molecule has 3 rings (SSSR count). The van der Waals surface area contributed by atoms with Gasteiger partial charge in [-0.3, -0.25) is 9.59 Å². The summed E-state index contributed by atoms with van der Waals surface area (Å²) in [5.41, 5.74) is 13.1. The fourth-order valence-electron chi connectivity index (χ4n) is 3.81. The fraction of sp³-hybridized carbons (Fsp3) is 0.500. The lowest BCUT2D eigenvalue weighted by atomic mass is 9.64. The second-order valence-corrected chi connectivity index (χ2v) is 7.69. The van der Waals surface area contributed by atoms with Crippen LogP contribution >= 0.6 is 0 Å². The number of nitrogens with zero attached hydrogens (tertiary/aromatic N) is 3. The number of Topliss-reactive ketones (excluding diaryl/α,β-unsaturated/α-hetero) is 2. The van der Waals surface area contributed by atoms with Crippen LogP contribution < -0.4 is 16.1 Å². The van der Waals surface area contributed by atoms with Crippen molar-refractivity contribution in [2.75, 3.05) is 6.54 Å². The predicted molar refractivity (Wildman–Crippen MR) is 112 cm³/mol. The van der Waals surface area contributed by atoms with Gasteiger partial charge in [-0.15, -0.1) is 5.10 Å². The van der Waals surface area contributed by atoms with E-state index >= 15 is 0 Å². The van der Waals surface area contributed by atoms with Crippen molar-refractivity contribution in [2.45, 2.75) is 57.4 Å². The molecule has 0 bridgehead atoms. The zero-order valence-electron chi connectivity index (χ0n) is 17.2. The lowest BCUT2D eigenvalue weighted by molar-refractivity contribution is -0.123. The van der Waals surface area contributed by atoms with Crippen LogP contribution in [0.4, 0.5) is 0 Å². The predicted octanol–water partition coefficient (Wildman–Crippen LogP) is 1.05. The molecule has 9 nitrogen and oxygen atoms in total. The summed E-state index contributed by atoms with van der Waals surface area (Å²) >= 11 is 0. The Bertz CT molecular complexity index is 903. The van der Waals surface area contributed by atoms with Crippen LogP contribution in [0.5, 0.6) is 5.75 Å². The molecule has 2 heterocycles. The summed E-state index contributed by atoms with van der Waals surface area (Å²) < 4.78 is 7.21. The van der Waals surface area contributed by atoms with Crippen LogP contribution in [-0.4, -0.2) is 45.2 Å². The molecule has 0 saturated carbocycles. The van der Waals surface area contributed by atoms with Gasteiger partial charge in [-0.2, -0.15) is 0 Å². The summed E-state index contributed by atoms with van der Waals surface area (Å²) in [6, 6.07) is 4.82.